The van der Waals surface area contributed by atoms with Gasteiger partial charge in [0.2, 0.25) is 7.29 Å². The molecule has 1 atom stereocenters. The Morgan fingerprint density at radius 3 is 1.85 bits per heavy atom. The maximum atomic E-state index is 14.6. The van der Waals surface area contributed by atoms with Crippen LogP contribution in [0.15, 0.2) is 48.5 Å². The lowest BCUT2D eigenvalue weighted by Crippen LogP contribution is -2.45. The molecule has 0 radical (unpaired) electrons. The number of hydrogen-bond donors (Lipinski definition) is 1. The SMILES string of the molecule is Cc1ccccc1P(=O)(N[C@@H](CN1CCCC1)C(C)C)c1ccccc1C. The zero-order chi connectivity index (χ0) is 19.4. The number of likely N-dealkylation sites (tertiary alicyclic amines) is 1. The van der Waals surface area contributed by atoms with Gasteiger partial charge in [-0.15, -0.1) is 0 Å². The van der Waals surface area contributed by atoms with Gasteiger partial charge in [0.15, 0.2) is 0 Å². The second-order valence-corrected chi connectivity index (χ2v) is 10.6. The zero-order valence-corrected chi connectivity index (χ0v) is 18.0. The lowest BCUT2D eigenvalue weighted by Gasteiger charge is -2.33. The number of rotatable bonds is 7. The van der Waals surface area contributed by atoms with Crippen LogP contribution in [0, 0.1) is 19.8 Å². The maximum Gasteiger partial charge on any atom is 0.205 e. The second-order valence-electron chi connectivity index (χ2n) is 8.17. The molecule has 0 amide bonds. The molecule has 1 fully saturated rings. The fourth-order valence-electron chi connectivity index (χ4n) is 3.98. The smallest absolute Gasteiger partial charge is 0.205 e. The number of benzene rings is 2. The molecule has 0 spiro atoms. The predicted octanol–water partition coefficient (Wildman–Crippen LogP) is 4.24. The summed E-state index contributed by atoms with van der Waals surface area (Å²) < 4.78 is 14.6. The summed E-state index contributed by atoms with van der Waals surface area (Å²) in [5.41, 5.74) is 2.17. The summed E-state index contributed by atoms with van der Waals surface area (Å²) in [4.78, 5) is 2.51. The van der Waals surface area contributed by atoms with Gasteiger partial charge in [-0.3, -0.25) is 9.65 Å². The highest BCUT2D eigenvalue weighted by molar-refractivity contribution is 7.77. The van der Waals surface area contributed by atoms with Crippen molar-refractivity contribution >= 4 is 17.9 Å². The Labute approximate surface area is 164 Å². The first-order valence-corrected chi connectivity index (χ1v) is 11.8. The van der Waals surface area contributed by atoms with E-state index < -0.39 is 7.29 Å². The Morgan fingerprint density at radius 1 is 0.926 bits per heavy atom. The first-order valence-electron chi connectivity index (χ1n) is 10.1. The van der Waals surface area contributed by atoms with E-state index in [1.807, 2.05) is 36.4 Å². The molecule has 1 saturated heterocycles. The summed E-state index contributed by atoms with van der Waals surface area (Å²) in [6.07, 6.45) is 2.55. The van der Waals surface area contributed by atoms with Crippen molar-refractivity contribution in [3.63, 3.8) is 0 Å². The van der Waals surface area contributed by atoms with E-state index in [2.05, 4.69) is 49.8 Å². The Balaban J connectivity index is 2.02. The van der Waals surface area contributed by atoms with Crippen molar-refractivity contribution in [3.05, 3.63) is 59.7 Å². The summed E-state index contributed by atoms with van der Waals surface area (Å²) in [6, 6.07) is 16.4. The van der Waals surface area contributed by atoms with Gasteiger partial charge >= 0.3 is 0 Å². The molecular formula is C23H33N2OP. The number of nitrogens with zero attached hydrogens (tertiary/aromatic N) is 1. The van der Waals surface area contributed by atoms with Gasteiger partial charge in [-0.2, -0.15) is 0 Å². The summed E-state index contributed by atoms with van der Waals surface area (Å²) in [6.45, 7) is 11.9. The van der Waals surface area contributed by atoms with Crippen LogP contribution in [0.25, 0.3) is 0 Å². The van der Waals surface area contributed by atoms with Crippen molar-refractivity contribution in [2.75, 3.05) is 19.6 Å². The molecule has 0 unspecified atom stereocenters. The van der Waals surface area contributed by atoms with E-state index in [1.54, 1.807) is 0 Å². The van der Waals surface area contributed by atoms with E-state index in [9.17, 15) is 4.57 Å². The largest absolute Gasteiger partial charge is 0.302 e. The van der Waals surface area contributed by atoms with Crippen LogP contribution in [0.5, 0.6) is 0 Å². The van der Waals surface area contributed by atoms with Crippen LogP contribution in [0.4, 0.5) is 0 Å². The molecule has 146 valence electrons. The Bertz CT molecular complexity index is 762. The number of hydrogen-bond acceptors (Lipinski definition) is 2. The molecule has 0 aliphatic carbocycles. The molecule has 3 rings (SSSR count). The molecule has 0 bridgehead atoms. The van der Waals surface area contributed by atoms with Gasteiger partial charge in [-0.1, -0.05) is 50.2 Å². The predicted molar refractivity (Wildman–Crippen MR) is 117 cm³/mol. The van der Waals surface area contributed by atoms with Gasteiger partial charge in [-0.05, 0) is 69.0 Å². The fourth-order valence-corrected chi connectivity index (χ4v) is 7.10. The third kappa shape index (κ3) is 4.54. The van der Waals surface area contributed by atoms with Gasteiger partial charge in [-0.25, -0.2) is 0 Å². The van der Waals surface area contributed by atoms with Crippen LogP contribution in [0.3, 0.4) is 0 Å². The highest BCUT2D eigenvalue weighted by atomic mass is 31.2. The lowest BCUT2D eigenvalue weighted by atomic mass is 10.1. The topological polar surface area (TPSA) is 32.3 Å². The maximum absolute atomic E-state index is 14.6. The number of aryl methyl sites for hydroxylation is 2. The van der Waals surface area contributed by atoms with E-state index in [0.29, 0.717) is 5.92 Å². The van der Waals surface area contributed by atoms with Gasteiger partial charge in [0, 0.05) is 23.2 Å². The average Bonchev–Trinajstić information content (AvgIpc) is 3.15. The normalized spacial score (nSPS) is 16.8. The van der Waals surface area contributed by atoms with E-state index in [-0.39, 0.29) is 6.04 Å². The Hall–Kier alpha value is -1.41. The van der Waals surface area contributed by atoms with E-state index >= 15 is 0 Å². The van der Waals surface area contributed by atoms with Crippen LogP contribution in [0.2, 0.25) is 0 Å². The quantitative estimate of drug-likeness (QED) is 0.725. The molecular weight excluding hydrogens is 351 g/mol. The summed E-state index contributed by atoms with van der Waals surface area (Å²) in [5, 5.41) is 5.56. The van der Waals surface area contributed by atoms with Gasteiger partial charge in [0.1, 0.15) is 0 Å². The van der Waals surface area contributed by atoms with E-state index in [1.165, 1.54) is 12.8 Å². The minimum atomic E-state index is -2.94. The van der Waals surface area contributed by atoms with Crippen LogP contribution in [0.1, 0.15) is 37.8 Å². The van der Waals surface area contributed by atoms with Crippen molar-refractivity contribution in [3.8, 4) is 0 Å². The van der Waals surface area contributed by atoms with Crippen molar-refractivity contribution < 1.29 is 4.57 Å². The third-order valence-electron chi connectivity index (χ3n) is 5.72. The first-order chi connectivity index (χ1) is 12.9. The van der Waals surface area contributed by atoms with E-state index in [0.717, 1.165) is 41.4 Å². The zero-order valence-electron chi connectivity index (χ0n) is 17.1. The summed E-state index contributed by atoms with van der Waals surface area (Å²) in [5.74, 6) is 0.409. The van der Waals surface area contributed by atoms with Crippen LogP contribution >= 0.6 is 7.29 Å². The highest BCUT2D eigenvalue weighted by Gasteiger charge is 2.34. The monoisotopic (exact) mass is 384 g/mol. The summed E-state index contributed by atoms with van der Waals surface area (Å²) in [7, 11) is -2.94. The average molecular weight is 385 g/mol. The molecule has 3 nitrogen and oxygen atoms in total. The first kappa shape index (κ1) is 20.3. The molecule has 1 N–H and O–H groups in total. The third-order valence-corrected chi connectivity index (χ3v) is 8.77. The molecule has 27 heavy (non-hydrogen) atoms. The van der Waals surface area contributed by atoms with Crippen molar-refractivity contribution in [2.24, 2.45) is 5.92 Å². The molecule has 4 heteroatoms. The second kappa shape index (κ2) is 8.73. The van der Waals surface area contributed by atoms with Crippen molar-refractivity contribution in [2.45, 2.75) is 46.6 Å². The molecule has 2 aromatic rings. The van der Waals surface area contributed by atoms with Gasteiger partial charge in [0.25, 0.3) is 0 Å². The molecule has 1 aliphatic rings. The van der Waals surface area contributed by atoms with Crippen LogP contribution < -0.4 is 15.7 Å². The van der Waals surface area contributed by atoms with Crippen LogP contribution in [-0.2, 0) is 4.57 Å². The highest BCUT2D eigenvalue weighted by Crippen LogP contribution is 2.42. The minimum absolute atomic E-state index is 0.188. The molecule has 0 saturated carbocycles. The lowest BCUT2D eigenvalue weighted by molar-refractivity contribution is 0.274. The molecule has 1 heterocycles. The Kier molecular flexibility index (Phi) is 6.57. The summed E-state index contributed by atoms with van der Waals surface area (Å²) >= 11 is 0. The molecule has 0 aromatic heterocycles. The van der Waals surface area contributed by atoms with Gasteiger partial charge in [0.05, 0.1) is 0 Å². The minimum Gasteiger partial charge on any atom is -0.302 e. The van der Waals surface area contributed by atoms with Crippen LogP contribution in [-0.4, -0.2) is 30.6 Å². The van der Waals surface area contributed by atoms with E-state index in [4.69, 9.17) is 0 Å². The fraction of sp³-hybridized carbons (Fsp3) is 0.478. The van der Waals surface area contributed by atoms with Gasteiger partial charge < -0.3 is 4.90 Å². The van der Waals surface area contributed by atoms with Crippen molar-refractivity contribution in [1.29, 1.82) is 0 Å². The Morgan fingerprint density at radius 2 is 1.41 bits per heavy atom. The standard InChI is InChI=1S/C23H33N2OP/c1-18(2)21(17-25-15-9-10-16-25)24-27(26,22-13-7-5-11-19(22)3)23-14-8-6-12-20(23)4/h5-8,11-14,18,21H,9-10,15-17H2,1-4H3,(H,24,26)/t21-/m0/s1. The number of nitrogens with one attached hydrogen (secondary N) is 1. The molecule has 2 aromatic carbocycles. The van der Waals surface area contributed by atoms with Crippen molar-refractivity contribution in [1.82, 2.24) is 9.99 Å². The molecule has 1 aliphatic heterocycles.